The molecule has 1 amide bonds. The second kappa shape index (κ2) is 6.68. The van der Waals surface area contributed by atoms with E-state index in [-0.39, 0.29) is 11.9 Å². The quantitative estimate of drug-likeness (QED) is 0.852. The number of carbonyl (C=O) groups is 1. The van der Waals surface area contributed by atoms with Gasteiger partial charge in [-0.1, -0.05) is 0 Å². The van der Waals surface area contributed by atoms with Gasteiger partial charge in [0.15, 0.2) is 0 Å². The fraction of sp³-hybridized carbons (Fsp3) is 0.529. The van der Waals surface area contributed by atoms with Crippen molar-refractivity contribution in [3.63, 3.8) is 0 Å². The molecule has 1 saturated heterocycles. The number of aryl methyl sites for hydroxylation is 2. The number of amides is 1. The van der Waals surface area contributed by atoms with Gasteiger partial charge in [-0.05, 0) is 33.9 Å². The normalized spacial score (nSPS) is 17.7. The monoisotopic (exact) mass is 328 g/mol. The largest absolute Gasteiger partial charge is 0.330 e. The van der Waals surface area contributed by atoms with Crippen LogP contribution in [0.5, 0.6) is 0 Å². The van der Waals surface area contributed by atoms with Crippen molar-refractivity contribution < 1.29 is 4.79 Å². The predicted octanol–water partition coefficient (Wildman–Crippen LogP) is 1.56. The molecular formula is C17H24N6O. The van der Waals surface area contributed by atoms with Crippen molar-refractivity contribution in [3.8, 4) is 0 Å². The van der Waals surface area contributed by atoms with Crippen LogP contribution in [0.3, 0.4) is 0 Å². The summed E-state index contributed by atoms with van der Waals surface area (Å²) in [6.07, 6.45) is 7.21. The first kappa shape index (κ1) is 16.6. The Morgan fingerprint density at radius 3 is 2.83 bits per heavy atom. The molecule has 3 heterocycles. The molecule has 0 aromatic carbocycles. The van der Waals surface area contributed by atoms with Gasteiger partial charge in [0.1, 0.15) is 5.82 Å². The number of likely N-dealkylation sites (tertiary alicyclic amines) is 1. The highest BCUT2D eigenvalue weighted by molar-refractivity contribution is 5.94. The molecule has 1 fully saturated rings. The zero-order valence-electron chi connectivity index (χ0n) is 14.7. The van der Waals surface area contributed by atoms with Gasteiger partial charge >= 0.3 is 0 Å². The van der Waals surface area contributed by atoms with E-state index in [4.69, 9.17) is 0 Å². The zero-order valence-corrected chi connectivity index (χ0v) is 14.7. The lowest BCUT2D eigenvalue weighted by Crippen LogP contribution is -2.32. The van der Waals surface area contributed by atoms with E-state index in [1.165, 1.54) is 0 Å². The van der Waals surface area contributed by atoms with E-state index in [2.05, 4.69) is 20.0 Å². The standard InChI is InChI=1S/C17H24N6O/c1-12-18-8-13(10-21(2)3)16(20-12)15-6-5-7-23(15)17(24)14-9-19-22(4)11-14/h8-9,11,15H,5-7,10H2,1-4H3/t15-/m1/s1. The summed E-state index contributed by atoms with van der Waals surface area (Å²) in [7, 11) is 5.87. The van der Waals surface area contributed by atoms with Crippen LogP contribution in [0.4, 0.5) is 0 Å². The predicted molar refractivity (Wildman–Crippen MR) is 90.4 cm³/mol. The number of nitrogens with zero attached hydrogens (tertiary/aromatic N) is 6. The van der Waals surface area contributed by atoms with Crippen molar-refractivity contribution >= 4 is 5.91 Å². The molecule has 1 atom stereocenters. The number of rotatable bonds is 4. The smallest absolute Gasteiger partial charge is 0.257 e. The van der Waals surface area contributed by atoms with E-state index >= 15 is 0 Å². The van der Waals surface area contributed by atoms with Gasteiger partial charge in [-0.3, -0.25) is 9.48 Å². The molecule has 0 aliphatic carbocycles. The first-order valence-electron chi connectivity index (χ1n) is 8.22. The third-order valence-electron chi connectivity index (χ3n) is 4.29. The van der Waals surface area contributed by atoms with Gasteiger partial charge < -0.3 is 9.80 Å². The SMILES string of the molecule is Cc1ncc(CN(C)C)c([C@H]2CCCN2C(=O)c2cnn(C)c2)n1. The maximum absolute atomic E-state index is 12.9. The number of hydrogen-bond donors (Lipinski definition) is 0. The second-order valence-corrected chi connectivity index (χ2v) is 6.62. The zero-order chi connectivity index (χ0) is 17.3. The summed E-state index contributed by atoms with van der Waals surface area (Å²) in [5.41, 5.74) is 2.69. The van der Waals surface area contributed by atoms with Gasteiger partial charge in [-0.2, -0.15) is 5.10 Å². The summed E-state index contributed by atoms with van der Waals surface area (Å²) in [5.74, 6) is 0.769. The van der Waals surface area contributed by atoms with Crippen LogP contribution in [0.15, 0.2) is 18.6 Å². The van der Waals surface area contributed by atoms with Gasteiger partial charge in [0.05, 0.1) is 23.5 Å². The number of carbonyl (C=O) groups excluding carboxylic acids is 1. The molecule has 0 radical (unpaired) electrons. The van der Waals surface area contributed by atoms with Gasteiger partial charge in [0.2, 0.25) is 0 Å². The molecule has 7 heteroatoms. The van der Waals surface area contributed by atoms with Crippen molar-refractivity contribution in [1.82, 2.24) is 29.5 Å². The molecule has 0 spiro atoms. The van der Waals surface area contributed by atoms with E-state index in [0.717, 1.165) is 43.0 Å². The van der Waals surface area contributed by atoms with E-state index in [1.54, 1.807) is 17.1 Å². The molecule has 0 N–H and O–H groups in total. The third kappa shape index (κ3) is 3.31. The Morgan fingerprint density at radius 2 is 2.17 bits per heavy atom. The highest BCUT2D eigenvalue weighted by atomic mass is 16.2. The highest BCUT2D eigenvalue weighted by Gasteiger charge is 2.33. The second-order valence-electron chi connectivity index (χ2n) is 6.62. The summed E-state index contributed by atoms with van der Waals surface area (Å²) in [6, 6.07) is 0.00866. The Balaban J connectivity index is 1.93. The Bertz CT molecular complexity index is 738. The van der Waals surface area contributed by atoms with Crippen LogP contribution in [0.2, 0.25) is 0 Å². The fourth-order valence-corrected chi connectivity index (χ4v) is 3.26. The summed E-state index contributed by atoms with van der Waals surface area (Å²) in [5, 5.41) is 4.11. The lowest BCUT2D eigenvalue weighted by atomic mass is 10.0. The lowest BCUT2D eigenvalue weighted by molar-refractivity contribution is 0.0731. The van der Waals surface area contributed by atoms with Crippen LogP contribution >= 0.6 is 0 Å². The average molecular weight is 328 g/mol. The van der Waals surface area contributed by atoms with Gasteiger partial charge in [0, 0.05) is 38.1 Å². The Hall–Kier alpha value is -2.28. The van der Waals surface area contributed by atoms with Crippen LogP contribution in [0.25, 0.3) is 0 Å². The van der Waals surface area contributed by atoms with E-state index in [9.17, 15) is 4.79 Å². The minimum absolute atomic E-state index is 0.00866. The number of aromatic nitrogens is 4. The molecule has 0 unspecified atom stereocenters. The van der Waals surface area contributed by atoms with E-state index < -0.39 is 0 Å². The molecule has 1 aliphatic rings. The van der Waals surface area contributed by atoms with Crippen molar-refractivity contribution in [2.75, 3.05) is 20.6 Å². The molecule has 0 saturated carbocycles. The first-order valence-corrected chi connectivity index (χ1v) is 8.22. The third-order valence-corrected chi connectivity index (χ3v) is 4.29. The summed E-state index contributed by atoms with van der Waals surface area (Å²) >= 11 is 0. The highest BCUT2D eigenvalue weighted by Crippen LogP contribution is 2.34. The van der Waals surface area contributed by atoms with Gasteiger partial charge in [-0.15, -0.1) is 0 Å². The van der Waals surface area contributed by atoms with Crippen molar-refractivity contribution in [3.05, 3.63) is 41.2 Å². The minimum Gasteiger partial charge on any atom is -0.330 e. The molecule has 1 aliphatic heterocycles. The lowest BCUT2D eigenvalue weighted by Gasteiger charge is -2.26. The van der Waals surface area contributed by atoms with Crippen LogP contribution in [-0.2, 0) is 13.6 Å². The topological polar surface area (TPSA) is 67.2 Å². The molecule has 2 aromatic heterocycles. The Kier molecular flexibility index (Phi) is 4.62. The summed E-state index contributed by atoms with van der Waals surface area (Å²) in [6.45, 7) is 3.41. The fourth-order valence-electron chi connectivity index (χ4n) is 3.26. The minimum atomic E-state index is 0.00866. The summed E-state index contributed by atoms with van der Waals surface area (Å²) < 4.78 is 1.66. The molecule has 7 nitrogen and oxygen atoms in total. The molecular weight excluding hydrogens is 304 g/mol. The van der Waals surface area contributed by atoms with Crippen LogP contribution in [-0.4, -0.2) is 56.1 Å². The van der Waals surface area contributed by atoms with E-state index in [0.29, 0.717) is 5.56 Å². The maximum Gasteiger partial charge on any atom is 0.257 e. The molecule has 3 rings (SSSR count). The maximum atomic E-state index is 12.9. The average Bonchev–Trinajstić information content (AvgIpc) is 3.17. The van der Waals surface area contributed by atoms with E-state index in [1.807, 2.05) is 39.2 Å². The first-order chi connectivity index (χ1) is 11.5. The van der Waals surface area contributed by atoms with Crippen LogP contribution in [0, 0.1) is 6.92 Å². The van der Waals surface area contributed by atoms with Gasteiger partial charge in [0.25, 0.3) is 5.91 Å². The Morgan fingerprint density at radius 1 is 1.38 bits per heavy atom. The molecule has 128 valence electrons. The molecule has 2 aromatic rings. The molecule has 0 bridgehead atoms. The molecule has 24 heavy (non-hydrogen) atoms. The van der Waals surface area contributed by atoms with Crippen molar-refractivity contribution in [1.29, 1.82) is 0 Å². The Labute approximate surface area is 142 Å². The number of hydrogen-bond acceptors (Lipinski definition) is 5. The van der Waals surface area contributed by atoms with Gasteiger partial charge in [-0.25, -0.2) is 9.97 Å². The van der Waals surface area contributed by atoms with Crippen LogP contribution in [0.1, 0.15) is 46.3 Å². The van der Waals surface area contributed by atoms with Crippen LogP contribution < -0.4 is 0 Å². The summed E-state index contributed by atoms with van der Waals surface area (Å²) in [4.78, 5) is 25.9. The van der Waals surface area contributed by atoms with Crippen molar-refractivity contribution in [2.45, 2.75) is 32.4 Å². The van der Waals surface area contributed by atoms with Crippen molar-refractivity contribution in [2.24, 2.45) is 7.05 Å².